The van der Waals surface area contributed by atoms with Crippen molar-refractivity contribution in [2.24, 2.45) is 0 Å². The number of nitrogens with zero attached hydrogens (tertiary/aromatic N) is 2. The maximum atomic E-state index is 5.57. The van der Waals surface area contributed by atoms with E-state index in [1.165, 1.54) is 18.5 Å². The molecule has 1 aliphatic carbocycles. The van der Waals surface area contributed by atoms with E-state index in [1.807, 2.05) is 0 Å². The first kappa shape index (κ1) is 12.9. The molecule has 1 aromatic heterocycles. The Morgan fingerprint density at radius 3 is 2.84 bits per heavy atom. The van der Waals surface area contributed by atoms with Crippen molar-refractivity contribution < 1.29 is 4.74 Å². The Labute approximate surface area is 115 Å². The van der Waals surface area contributed by atoms with Crippen LogP contribution in [0.25, 0.3) is 0 Å². The molecule has 4 heteroatoms. The van der Waals surface area contributed by atoms with E-state index in [1.54, 1.807) is 0 Å². The first-order valence-corrected chi connectivity index (χ1v) is 7.57. The highest BCUT2D eigenvalue weighted by Crippen LogP contribution is 2.40. The van der Waals surface area contributed by atoms with Crippen LogP contribution in [0.2, 0.25) is 0 Å². The Morgan fingerprint density at radius 2 is 2.16 bits per heavy atom. The molecule has 2 heterocycles. The molecule has 0 spiro atoms. The van der Waals surface area contributed by atoms with Crippen molar-refractivity contribution in [2.75, 3.05) is 25.1 Å². The van der Waals surface area contributed by atoms with Crippen LogP contribution in [0.15, 0.2) is 6.07 Å². The summed E-state index contributed by atoms with van der Waals surface area (Å²) in [6, 6.07) is 2.14. The van der Waals surface area contributed by atoms with Crippen LogP contribution in [0.1, 0.15) is 62.4 Å². The second kappa shape index (κ2) is 5.87. The normalized spacial score (nSPS) is 23.3. The van der Waals surface area contributed by atoms with Gasteiger partial charge in [-0.1, -0.05) is 6.92 Å². The van der Waals surface area contributed by atoms with Crippen molar-refractivity contribution in [1.82, 2.24) is 9.97 Å². The van der Waals surface area contributed by atoms with Gasteiger partial charge in [0.05, 0.1) is 6.61 Å². The van der Waals surface area contributed by atoms with Gasteiger partial charge in [0.1, 0.15) is 11.6 Å². The molecule has 1 saturated heterocycles. The minimum absolute atomic E-state index is 0.384. The molecular weight excluding hydrogens is 238 g/mol. The molecule has 1 atom stereocenters. The number of rotatable bonds is 5. The zero-order valence-corrected chi connectivity index (χ0v) is 11.7. The van der Waals surface area contributed by atoms with E-state index in [9.17, 15) is 0 Å². The van der Waals surface area contributed by atoms with Gasteiger partial charge in [0.2, 0.25) is 0 Å². The molecule has 1 N–H and O–H groups in total. The van der Waals surface area contributed by atoms with Gasteiger partial charge < -0.3 is 10.1 Å². The molecule has 3 rings (SSSR count). The molecule has 1 aromatic rings. The van der Waals surface area contributed by atoms with Crippen LogP contribution in [-0.2, 0) is 4.74 Å². The zero-order chi connectivity index (χ0) is 13.1. The lowest BCUT2D eigenvalue weighted by molar-refractivity contribution is 0.0780. The molecule has 4 nitrogen and oxygen atoms in total. The second-order valence-corrected chi connectivity index (χ2v) is 5.65. The molecule has 19 heavy (non-hydrogen) atoms. The third kappa shape index (κ3) is 3.24. The van der Waals surface area contributed by atoms with Crippen molar-refractivity contribution in [3.05, 3.63) is 17.6 Å². The Balaban J connectivity index is 1.81. The summed E-state index contributed by atoms with van der Waals surface area (Å²) in [7, 11) is 0. The molecule has 0 aromatic carbocycles. The molecule has 1 saturated carbocycles. The van der Waals surface area contributed by atoms with Crippen LogP contribution in [0, 0.1) is 0 Å². The van der Waals surface area contributed by atoms with Crippen molar-refractivity contribution in [3.63, 3.8) is 0 Å². The van der Waals surface area contributed by atoms with Crippen LogP contribution in [0.4, 0.5) is 5.82 Å². The fourth-order valence-electron chi connectivity index (χ4n) is 2.54. The Bertz CT molecular complexity index is 425. The second-order valence-electron chi connectivity index (χ2n) is 5.65. The van der Waals surface area contributed by atoms with E-state index >= 15 is 0 Å². The summed E-state index contributed by atoms with van der Waals surface area (Å²) in [5.41, 5.74) is 1.23. The maximum Gasteiger partial charge on any atom is 0.136 e. The maximum absolute atomic E-state index is 5.57. The highest BCUT2D eigenvalue weighted by molar-refractivity contribution is 5.38. The Morgan fingerprint density at radius 1 is 1.26 bits per heavy atom. The van der Waals surface area contributed by atoms with Gasteiger partial charge in [0, 0.05) is 36.7 Å². The molecule has 2 fully saturated rings. The van der Waals surface area contributed by atoms with Gasteiger partial charge in [-0.2, -0.15) is 0 Å². The average molecular weight is 261 g/mol. The lowest BCUT2D eigenvalue weighted by Crippen LogP contribution is -2.19. The minimum atomic E-state index is 0.384. The molecule has 1 unspecified atom stereocenters. The average Bonchev–Trinajstić information content (AvgIpc) is 3.30. The van der Waals surface area contributed by atoms with Crippen molar-refractivity contribution in [2.45, 2.75) is 50.9 Å². The summed E-state index contributed by atoms with van der Waals surface area (Å²) in [6.07, 6.45) is 5.96. The van der Waals surface area contributed by atoms with E-state index in [2.05, 4.69) is 18.3 Å². The summed E-state index contributed by atoms with van der Waals surface area (Å²) in [5, 5.41) is 3.40. The van der Waals surface area contributed by atoms with Crippen molar-refractivity contribution in [3.8, 4) is 0 Å². The monoisotopic (exact) mass is 261 g/mol. The van der Waals surface area contributed by atoms with E-state index < -0.39 is 0 Å². The Hall–Kier alpha value is -1.16. The number of nitrogens with one attached hydrogen (secondary N) is 1. The van der Waals surface area contributed by atoms with Crippen LogP contribution < -0.4 is 5.32 Å². The van der Waals surface area contributed by atoms with Gasteiger partial charge in [0.15, 0.2) is 0 Å². The SMILES string of the molecule is CCCNc1cc(C2CC2)nc(C2CCCOC2)n1. The predicted molar refractivity (Wildman–Crippen MR) is 75.6 cm³/mol. The summed E-state index contributed by atoms with van der Waals surface area (Å²) >= 11 is 0. The third-order valence-corrected chi connectivity index (χ3v) is 3.84. The van der Waals surface area contributed by atoms with Crippen molar-refractivity contribution >= 4 is 5.82 Å². The molecule has 2 aliphatic rings. The highest BCUT2D eigenvalue weighted by Gasteiger charge is 2.28. The fourth-order valence-corrected chi connectivity index (χ4v) is 2.54. The van der Waals surface area contributed by atoms with Gasteiger partial charge >= 0.3 is 0 Å². The molecule has 0 bridgehead atoms. The smallest absolute Gasteiger partial charge is 0.136 e. The summed E-state index contributed by atoms with van der Waals surface area (Å²) in [5.74, 6) is 3.05. The van der Waals surface area contributed by atoms with Crippen LogP contribution in [-0.4, -0.2) is 29.7 Å². The number of aromatic nitrogens is 2. The fraction of sp³-hybridized carbons (Fsp3) is 0.733. The van der Waals surface area contributed by atoms with Gasteiger partial charge in [-0.25, -0.2) is 9.97 Å². The van der Waals surface area contributed by atoms with Gasteiger partial charge in [0.25, 0.3) is 0 Å². The zero-order valence-electron chi connectivity index (χ0n) is 11.7. The van der Waals surface area contributed by atoms with E-state index in [0.29, 0.717) is 11.8 Å². The number of hydrogen-bond donors (Lipinski definition) is 1. The lowest BCUT2D eigenvalue weighted by Gasteiger charge is -2.21. The number of hydrogen-bond acceptors (Lipinski definition) is 4. The summed E-state index contributed by atoms with van der Waals surface area (Å²) in [6.45, 7) is 4.81. The lowest BCUT2D eigenvalue weighted by atomic mass is 10.0. The van der Waals surface area contributed by atoms with Gasteiger partial charge in [-0.3, -0.25) is 0 Å². The quantitative estimate of drug-likeness (QED) is 0.885. The Kier molecular flexibility index (Phi) is 3.97. The molecule has 1 aliphatic heterocycles. The first-order valence-electron chi connectivity index (χ1n) is 7.57. The van der Waals surface area contributed by atoms with E-state index in [0.717, 1.165) is 50.7 Å². The number of ether oxygens (including phenoxy) is 1. The third-order valence-electron chi connectivity index (χ3n) is 3.84. The number of anilines is 1. The van der Waals surface area contributed by atoms with Crippen LogP contribution >= 0.6 is 0 Å². The highest BCUT2D eigenvalue weighted by atomic mass is 16.5. The predicted octanol–water partition coefficient (Wildman–Crippen LogP) is 3.07. The minimum Gasteiger partial charge on any atom is -0.381 e. The summed E-state index contributed by atoms with van der Waals surface area (Å²) < 4.78 is 5.57. The van der Waals surface area contributed by atoms with Crippen LogP contribution in [0.3, 0.4) is 0 Å². The molecule has 0 amide bonds. The standard InChI is InChI=1S/C15H23N3O/c1-2-7-16-14-9-13(11-5-6-11)17-15(18-14)12-4-3-8-19-10-12/h9,11-12H,2-8,10H2,1H3,(H,16,17,18). The first-order chi connectivity index (χ1) is 9.36. The van der Waals surface area contributed by atoms with Crippen LogP contribution in [0.5, 0.6) is 0 Å². The molecule has 0 radical (unpaired) electrons. The molecular formula is C15H23N3O. The molecule has 104 valence electrons. The van der Waals surface area contributed by atoms with E-state index in [4.69, 9.17) is 14.7 Å². The van der Waals surface area contributed by atoms with Crippen molar-refractivity contribution in [1.29, 1.82) is 0 Å². The van der Waals surface area contributed by atoms with Gasteiger partial charge in [-0.05, 0) is 32.1 Å². The van der Waals surface area contributed by atoms with E-state index in [-0.39, 0.29) is 0 Å². The largest absolute Gasteiger partial charge is 0.381 e. The summed E-state index contributed by atoms with van der Waals surface area (Å²) in [4.78, 5) is 9.50. The topological polar surface area (TPSA) is 47.0 Å². The van der Waals surface area contributed by atoms with Gasteiger partial charge in [-0.15, -0.1) is 0 Å².